The van der Waals surface area contributed by atoms with Gasteiger partial charge in [0.25, 0.3) is 0 Å². The summed E-state index contributed by atoms with van der Waals surface area (Å²) in [6.45, 7) is 0. The Balaban J connectivity index is 2.26. The van der Waals surface area contributed by atoms with E-state index in [0.717, 1.165) is 0 Å². The fourth-order valence-corrected chi connectivity index (χ4v) is 4.80. The van der Waals surface area contributed by atoms with Gasteiger partial charge in [-0.2, -0.15) is 0 Å². The van der Waals surface area contributed by atoms with Crippen molar-refractivity contribution in [3.05, 3.63) is 60.7 Å². The second-order valence-electron chi connectivity index (χ2n) is 3.96. The summed E-state index contributed by atoms with van der Waals surface area (Å²) in [5.74, 6) is 0. The van der Waals surface area contributed by atoms with Gasteiger partial charge in [-0.3, -0.25) is 0 Å². The van der Waals surface area contributed by atoms with Crippen molar-refractivity contribution in [2.24, 2.45) is 0 Å². The second kappa shape index (κ2) is 6.90. The smallest absolute Gasteiger partial charge is 0.0195 e. The van der Waals surface area contributed by atoms with Gasteiger partial charge in [0.2, 0.25) is 0 Å². The largest absolute Gasteiger partial charge is 0.138 e. The van der Waals surface area contributed by atoms with Gasteiger partial charge >= 0.3 is 0 Å². The molecule has 2 aromatic rings. The molecule has 0 spiro atoms. The molecule has 2 heteroatoms. The van der Waals surface area contributed by atoms with E-state index in [1.165, 1.54) is 29.4 Å². The van der Waals surface area contributed by atoms with Gasteiger partial charge < -0.3 is 0 Å². The summed E-state index contributed by atoms with van der Waals surface area (Å²) in [5, 5.41) is 2.99. The maximum atomic E-state index is 2.83. The van der Waals surface area contributed by atoms with Gasteiger partial charge in [0, 0.05) is 0 Å². The molecule has 17 heavy (non-hydrogen) atoms. The van der Waals surface area contributed by atoms with Crippen LogP contribution < -0.4 is 10.6 Å². The Morgan fingerprint density at radius 3 is 1.65 bits per heavy atom. The minimum absolute atomic E-state index is 0.170. The van der Waals surface area contributed by atoms with Crippen molar-refractivity contribution >= 4 is 27.8 Å². The first-order valence-electron chi connectivity index (χ1n) is 5.99. The van der Waals surface area contributed by atoms with Crippen molar-refractivity contribution in [1.82, 2.24) is 0 Å². The topological polar surface area (TPSA) is 0 Å². The minimum atomic E-state index is -0.170. The highest BCUT2D eigenvalue weighted by Crippen LogP contribution is 2.34. The van der Waals surface area contributed by atoms with Crippen LogP contribution in [0.25, 0.3) is 0 Å². The molecule has 2 rings (SSSR count). The van der Waals surface area contributed by atoms with E-state index in [1.54, 1.807) is 0 Å². The van der Waals surface area contributed by atoms with Crippen LogP contribution in [0.1, 0.15) is 6.42 Å². The summed E-state index contributed by atoms with van der Waals surface area (Å²) in [7, 11) is 2.66. The van der Waals surface area contributed by atoms with Gasteiger partial charge in [0.15, 0.2) is 0 Å². The molecule has 0 nitrogen and oxygen atoms in total. The third-order valence-corrected chi connectivity index (χ3v) is 5.74. The van der Waals surface area contributed by atoms with Gasteiger partial charge in [-0.1, -0.05) is 60.7 Å². The summed E-state index contributed by atoms with van der Waals surface area (Å²) >= 11 is 0. The minimum Gasteiger partial charge on any atom is -0.138 e. The lowest BCUT2D eigenvalue weighted by Gasteiger charge is -2.18. The van der Waals surface area contributed by atoms with Crippen LogP contribution in [0.4, 0.5) is 0 Å². The van der Waals surface area contributed by atoms with E-state index in [1.807, 2.05) is 0 Å². The molecular formula is C15H18P2. The SMILES string of the molecule is PCCCP(c1ccccc1)c1ccccc1. The number of benzene rings is 2. The van der Waals surface area contributed by atoms with E-state index >= 15 is 0 Å². The molecule has 0 bridgehead atoms. The molecular weight excluding hydrogens is 242 g/mol. The van der Waals surface area contributed by atoms with Crippen molar-refractivity contribution in [2.75, 3.05) is 12.3 Å². The van der Waals surface area contributed by atoms with Gasteiger partial charge in [0.1, 0.15) is 0 Å². The Bertz CT molecular complexity index is 386. The van der Waals surface area contributed by atoms with Gasteiger partial charge in [0.05, 0.1) is 0 Å². The first kappa shape index (κ1) is 12.7. The van der Waals surface area contributed by atoms with Crippen molar-refractivity contribution in [1.29, 1.82) is 0 Å². The van der Waals surface area contributed by atoms with E-state index in [9.17, 15) is 0 Å². The Kier molecular flexibility index (Phi) is 5.17. The maximum Gasteiger partial charge on any atom is -0.0195 e. The van der Waals surface area contributed by atoms with E-state index in [4.69, 9.17) is 0 Å². The molecule has 2 aromatic carbocycles. The molecule has 1 unspecified atom stereocenters. The fourth-order valence-electron chi connectivity index (χ4n) is 1.87. The van der Waals surface area contributed by atoms with Crippen LogP contribution in [0, 0.1) is 0 Å². The van der Waals surface area contributed by atoms with Crippen LogP contribution in [-0.2, 0) is 0 Å². The normalized spacial score (nSPS) is 10.7. The maximum absolute atomic E-state index is 2.83. The molecule has 0 saturated heterocycles. The van der Waals surface area contributed by atoms with Crippen molar-refractivity contribution in [3.8, 4) is 0 Å². The first-order valence-corrected chi connectivity index (χ1v) is 8.34. The predicted molar refractivity (Wildman–Crippen MR) is 83.1 cm³/mol. The highest BCUT2D eigenvalue weighted by molar-refractivity contribution is 7.73. The van der Waals surface area contributed by atoms with Crippen LogP contribution in [0.3, 0.4) is 0 Å². The molecule has 0 fully saturated rings. The molecule has 0 radical (unpaired) electrons. The average Bonchev–Trinajstić information content (AvgIpc) is 2.42. The zero-order chi connectivity index (χ0) is 11.9. The first-order chi connectivity index (χ1) is 8.42. The summed E-state index contributed by atoms with van der Waals surface area (Å²) in [6, 6.07) is 21.8. The Morgan fingerprint density at radius 1 is 0.765 bits per heavy atom. The Labute approximate surface area is 107 Å². The molecule has 88 valence electrons. The van der Waals surface area contributed by atoms with Crippen LogP contribution in [0.15, 0.2) is 60.7 Å². The molecule has 0 aromatic heterocycles. The lowest BCUT2D eigenvalue weighted by Crippen LogP contribution is -2.13. The Morgan fingerprint density at radius 2 is 1.24 bits per heavy atom. The highest BCUT2D eigenvalue weighted by atomic mass is 31.1. The van der Waals surface area contributed by atoms with E-state index < -0.39 is 0 Å². The predicted octanol–water partition coefficient (Wildman–Crippen LogP) is 3.38. The van der Waals surface area contributed by atoms with E-state index in [0.29, 0.717) is 0 Å². The fraction of sp³-hybridized carbons (Fsp3) is 0.200. The molecule has 0 heterocycles. The number of hydrogen-bond acceptors (Lipinski definition) is 0. The quantitative estimate of drug-likeness (QED) is 0.723. The molecule has 0 amide bonds. The zero-order valence-electron chi connectivity index (χ0n) is 9.92. The van der Waals surface area contributed by atoms with Crippen molar-refractivity contribution in [2.45, 2.75) is 6.42 Å². The number of rotatable bonds is 5. The van der Waals surface area contributed by atoms with Gasteiger partial charge in [-0.25, -0.2) is 0 Å². The molecule has 0 aliphatic carbocycles. The molecule has 0 saturated carbocycles. The van der Waals surface area contributed by atoms with Gasteiger partial charge in [-0.05, 0) is 37.3 Å². The third-order valence-electron chi connectivity index (χ3n) is 2.72. The number of hydrogen-bond donors (Lipinski definition) is 0. The van der Waals surface area contributed by atoms with Crippen LogP contribution in [-0.4, -0.2) is 12.3 Å². The lowest BCUT2D eigenvalue weighted by molar-refractivity contribution is 1.12. The monoisotopic (exact) mass is 260 g/mol. The summed E-state index contributed by atoms with van der Waals surface area (Å²) in [5.41, 5.74) is 0. The molecule has 0 N–H and O–H groups in total. The van der Waals surface area contributed by atoms with Crippen molar-refractivity contribution < 1.29 is 0 Å². The van der Waals surface area contributed by atoms with Crippen LogP contribution >= 0.6 is 17.2 Å². The van der Waals surface area contributed by atoms with Crippen LogP contribution in [0.5, 0.6) is 0 Å². The van der Waals surface area contributed by atoms with Crippen LogP contribution in [0.2, 0.25) is 0 Å². The Hall–Kier alpha value is -0.700. The summed E-state index contributed by atoms with van der Waals surface area (Å²) in [4.78, 5) is 0. The lowest BCUT2D eigenvalue weighted by atomic mass is 10.4. The summed E-state index contributed by atoms with van der Waals surface area (Å²) < 4.78 is 0. The third kappa shape index (κ3) is 3.63. The van der Waals surface area contributed by atoms with Gasteiger partial charge in [-0.15, -0.1) is 9.24 Å². The van der Waals surface area contributed by atoms with E-state index in [2.05, 4.69) is 69.9 Å². The zero-order valence-corrected chi connectivity index (χ0v) is 12.0. The van der Waals surface area contributed by atoms with E-state index in [-0.39, 0.29) is 7.92 Å². The molecule has 1 atom stereocenters. The van der Waals surface area contributed by atoms with Crippen molar-refractivity contribution in [3.63, 3.8) is 0 Å². The molecule has 0 aliphatic heterocycles. The highest BCUT2D eigenvalue weighted by Gasteiger charge is 2.11. The standard InChI is InChI=1S/C15H18P2/c16-12-7-13-17(14-8-3-1-4-9-14)15-10-5-2-6-11-15/h1-6,8-11H,7,12-13,16H2. The average molecular weight is 260 g/mol. The second-order valence-corrected chi connectivity index (χ2v) is 6.88. The molecule has 0 aliphatic rings. The summed E-state index contributed by atoms with van der Waals surface area (Å²) in [6.07, 6.45) is 3.76.